The summed E-state index contributed by atoms with van der Waals surface area (Å²) in [6, 6.07) is 5.52. The molecule has 1 nitrogen and oxygen atoms in total. The van der Waals surface area contributed by atoms with Crippen molar-refractivity contribution in [3.63, 3.8) is 0 Å². The number of hydrogen-bond acceptors (Lipinski definition) is 2. The number of rotatable bonds is 3. The molecule has 1 fully saturated rings. The fraction of sp³-hybridized carbons (Fsp3) is 0.417. The fourth-order valence-corrected chi connectivity index (χ4v) is 3.44. The SMILES string of the molecule is O=Cc1ccc(SC2CCCC2)c(Cl)c1. The van der Waals surface area contributed by atoms with Gasteiger partial charge in [0.2, 0.25) is 0 Å². The van der Waals surface area contributed by atoms with Crippen LogP contribution in [0.1, 0.15) is 36.0 Å². The van der Waals surface area contributed by atoms with Crippen molar-refractivity contribution >= 4 is 29.6 Å². The summed E-state index contributed by atoms with van der Waals surface area (Å²) in [7, 11) is 0. The van der Waals surface area contributed by atoms with Crippen LogP contribution in [0, 0.1) is 0 Å². The molecule has 0 spiro atoms. The summed E-state index contributed by atoms with van der Waals surface area (Å²) in [4.78, 5) is 11.7. The Hall–Kier alpha value is -0.470. The molecule has 1 aromatic rings. The van der Waals surface area contributed by atoms with Crippen LogP contribution in [0.15, 0.2) is 23.1 Å². The Morgan fingerprint density at radius 3 is 2.67 bits per heavy atom. The average Bonchev–Trinajstić information content (AvgIpc) is 2.74. The zero-order chi connectivity index (χ0) is 10.7. The van der Waals surface area contributed by atoms with Crippen molar-refractivity contribution in [3.05, 3.63) is 28.8 Å². The normalized spacial score (nSPS) is 16.9. The molecular weight excluding hydrogens is 228 g/mol. The largest absolute Gasteiger partial charge is 0.298 e. The minimum Gasteiger partial charge on any atom is -0.298 e. The van der Waals surface area contributed by atoms with Gasteiger partial charge in [0.05, 0.1) is 5.02 Å². The predicted molar refractivity (Wildman–Crippen MR) is 65.0 cm³/mol. The van der Waals surface area contributed by atoms with Crippen molar-refractivity contribution in [1.82, 2.24) is 0 Å². The Morgan fingerprint density at radius 2 is 2.07 bits per heavy atom. The van der Waals surface area contributed by atoms with Crippen LogP contribution in [0.4, 0.5) is 0 Å². The smallest absolute Gasteiger partial charge is 0.150 e. The number of halogens is 1. The second-order valence-electron chi connectivity index (χ2n) is 3.83. The highest BCUT2D eigenvalue weighted by molar-refractivity contribution is 8.00. The molecule has 0 aromatic heterocycles. The monoisotopic (exact) mass is 240 g/mol. The highest BCUT2D eigenvalue weighted by Crippen LogP contribution is 2.37. The number of hydrogen-bond donors (Lipinski definition) is 0. The number of aldehydes is 1. The van der Waals surface area contributed by atoms with Crippen molar-refractivity contribution in [2.24, 2.45) is 0 Å². The summed E-state index contributed by atoms with van der Waals surface area (Å²) in [5.74, 6) is 0. The zero-order valence-electron chi connectivity index (χ0n) is 8.41. The Bertz CT molecular complexity index is 359. The van der Waals surface area contributed by atoms with Gasteiger partial charge in [-0.25, -0.2) is 0 Å². The molecule has 0 unspecified atom stereocenters. The quantitative estimate of drug-likeness (QED) is 0.737. The summed E-state index contributed by atoms with van der Waals surface area (Å²) < 4.78 is 0. The van der Waals surface area contributed by atoms with Crippen molar-refractivity contribution in [2.45, 2.75) is 35.8 Å². The maximum Gasteiger partial charge on any atom is 0.150 e. The third-order valence-electron chi connectivity index (χ3n) is 2.69. The average molecular weight is 241 g/mol. The zero-order valence-corrected chi connectivity index (χ0v) is 9.98. The van der Waals surface area contributed by atoms with Crippen LogP contribution in [-0.4, -0.2) is 11.5 Å². The number of carbonyl (C=O) groups is 1. The Balaban J connectivity index is 2.10. The van der Waals surface area contributed by atoms with Crippen molar-refractivity contribution in [1.29, 1.82) is 0 Å². The van der Waals surface area contributed by atoms with Crippen LogP contribution in [0.3, 0.4) is 0 Å². The van der Waals surface area contributed by atoms with E-state index in [4.69, 9.17) is 11.6 Å². The van der Waals surface area contributed by atoms with Crippen LogP contribution in [0.2, 0.25) is 5.02 Å². The summed E-state index contributed by atoms with van der Waals surface area (Å²) >= 11 is 7.96. The van der Waals surface area contributed by atoms with Crippen LogP contribution >= 0.6 is 23.4 Å². The molecule has 0 N–H and O–H groups in total. The molecule has 0 amide bonds. The highest BCUT2D eigenvalue weighted by Gasteiger charge is 2.17. The molecule has 0 saturated heterocycles. The molecule has 0 heterocycles. The minimum absolute atomic E-state index is 0.649. The Labute approximate surface area is 99.2 Å². The van der Waals surface area contributed by atoms with E-state index in [1.807, 2.05) is 23.9 Å². The van der Waals surface area contributed by atoms with E-state index >= 15 is 0 Å². The molecule has 2 rings (SSSR count). The maximum atomic E-state index is 10.5. The molecular formula is C12H13ClOS. The van der Waals surface area contributed by atoms with E-state index < -0.39 is 0 Å². The summed E-state index contributed by atoms with van der Waals surface area (Å²) in [6.07, 6.45) is 6.08. The Kier molecular flexibility index (Phi) is 3.71. The van der Waals surface area contributed by atoms with E-state index in [1.165, 1.54) is 25.7 Å². The van der Waals surface area contributed by atoms with E-state index in [0.717, 1.165) is 11.2 Å². The van der Waals surface area contributed by atoms with Gasteiger partial charge in [0, 0.05) is 15.7 Å². The summed E-state index contributed by atoms with van der Waals surface area (Å²) in [6.45, 7) is 0. The molecule has 0 radical (unpaired) electrons. The first-order valence-corrected chi connectivity index (χ1v) is 6.47. The van der Waals surface area contributed by atoms with Gasteiger partial charge in [0.15, 0.2) is 0 Å². The van der Waals surface area contributed by atoms with Crippen molar-refractivity contribution in [2.75, 3.05) is 0 Å². The topological polar surface area (TPSA) is 17.1 Å². The van der Waals surface area contributed by atoms with Gasteiger partial charge in [-0.15, -0.1) is 11.8 Å². The standard InChI is InChI=1S/C12H13ClOS/c13-11-7-9(8-14)5-6-12(11)15-10-3-1-2-4-10/h5-8,10H,1-4H2. The maximum absolute atomic E-state index is 10.5. The number of thioether (sulfide) groups is 1. The summed E-state index contributed by atoms with van der Waals surface area (Å²) in [5, 5.41) is 1.42. The van der Waals surface area contributed by atoms with E-state index in [2.05, 4.69) is 0 Å². The second kappa shape index (κ2) is 5.04. The number of benzene rings is 1. The molecule has 3 heteroatoms. The van der Waals surface area contributed by atoms with E-state index in [0.29, 0.717) is 15.8 Å². The second-order valence-corrected chi connectivity index (χ2v) is 5.58. The molecule has 1 saturated carbocycles. The van der Waals surface area contributed by atoms with Crippen LogP contribution in [-0.2, 0) is 0 Å². The molecule has 15 heavy (non-hydrogen) atoms. The van der Waals surface area contributed by atoms with Gasteiger partial charge >= 0.3 is 0 Å². The van der Waals surface area contributed by atoms with Crippen LogP contribution in [0.25, 0.3) is 0 Å². The van der Waals surface area contributed by atoms with Crippen molar-refractivity contribution < 1.29 is 4.79 Å². The van der Waals surface area contributed by atoms with Crippen LogP contribution < -0.4 is 0 Å². The fourth-order valence-electron chi connectivity index (χ4n) is 1.87. The molecule has 1 aromatic carbocycles. The molecule has 0 bridgehead atoms. The van der Waals surface area contributed by atoms with E-state index in [-0.39, 0.29) is 0 Å². The summed E-state index contributed by atoms with van der Waals surface area (Å²) in [5.41, 5.74) is 0.649. The third-order valence-corrected chi connectivity index (χ3v) is 4.53. The highest BCUT2D eigenvalue weighted by atomic mass is 35.5. The van der Waals surface area contributed by atoms with Gasteiger partial charge < -0.3 is 0 Å². The van der Waals surface area contributed by atoms with Gasteiger partial charge in [0.1, 0.15) is 6.29 Å². The minimum atomic E-state index is 0.649. The molecule has 1 aliphatic carbocycles. The van der Waals surface area contributed by atoms with Crippen molar-refractivity contribution in [3.8, 4) is 0 Å². The van der Waals surface area contributed by atoms with Gasteiger partial charge in [-0.05, 0) is 25.0 Å². The molecule has 0 atom stereocenters. The predicted octanol–water partition coefficient (Wildman–Crippen LogP) is 4.19. The molecule has 80 valence electrons. The van der Waals surface area contributed by atoms with Gasteiger partial charge in [0.25, 0.3) is 0 Å². The lowest BCUT2D eigenvalue weighted by atomic mass is 10.2. The lowest BCUT2D eigenvalue weighted by molar-refractivity contribution is 0.112. The first-order chi connectivity index (χ1) is 7.29. The Morgan fingerprint density at radius 1 is 1.33 bits per heavy atom. The van der Waals surface area contributed by atoms with Gasteiger partial charge in [-0.2, -0.15) is 0 Å². The van der Waals surface area contributed by atoms with E-state index in [1.54, 1.807) is 6.07 Å². The molecule has 1 aliphatic rings. The van der Waals surface area contributed by atoms with Gasteiger partial charge in [-0.1, -0.05) is 30.5 Å². The first kappa shape index (κ1) is 11.0. The first-order valence-electron chi connectivity index (χ1n) is 5.21. The van der Waals surface area contributed by atoms with E-state index in [9.17, 15) is 4.79 Å². The van der Waals surface area contributed by atoms with Gasteiger partial charge in [-0.3, -0.25) is 4.79 Å². The van der Waals surface area contributed by atoms with Crippen LogP contribution in [0.5, 0.6) is 0 Å². The lowest BCUT2D eigenvalue weighted by Crippen LogP contribution is -1.93. The number of carbonyl (C=O) groups excluding carboxylic acids is 1. The molecule has 0 aliphatic heterocycles. The third kappa shape index (κ3) is 2.76. The lowest BCUT2D eigenvalue weighted by Gasteiger charge is -2.10.